The van der Waals surface area contributed by atoms with Crippen LogP contribution in [0.15, 0.2) is 30.3 Å². The van der Waals surface area contributed by atoms with Gasteiger partial charge >= 0.3 is 0 Å². The molecule has 0 saturated heterocycles. The summed E-state index contributed by atoms with van der Waals surface area (Å²) in [7, 11) is 3.47. The molecular weight excluding hydrogens is 204 g/mol. The predicted octanol–water partition coefficient (Wildman–Crippen LogP) is 1.24. The third-order valence-corrected chi connectivity index (χ3v) is 2.02. The molecular formula is C12H16N2O2. The van der Waals surface area contributed by atoms with Crippen LogP contribution in [0.5, 0.6) is 0 Å². The maximum Gasteiger partial charge on any atom is 0.234 e. The molecule has 1 aromatic carbocycles. The van der Waals surface area contributed by atoms with E-state index in [9.17, 15) is 9.59 Å². The molecule has 0 spiro atoms. The van der Waals surface area contributed by atoms with Crippen LogP contribution < -0.4 is 5.43 Å². The average molecular weight is 220 g/mol. The lowest BCUT2D eigenvalue weighted by atomic mass is 10.1. The number of ketones is 1. The molecule has 1 rings (SSSR count). The smallest absolute Gasteiger partial charge is 0.234 e. The molecule has 86 valence electrons. The van der Waals surface area contributed by atoms with Crippen molar-refractivity contribution < 1.29 is 9.59 Å². The molecule has 0 aromatic heterocycles. The molecule has 0 unspecified atom stereocenters. The Kier molecular flexibility index (Phi) is 4.66. The minimum absolute atomic E-state index is 0.00509. The molecule has 1 aromatic rings. The van der Waals surface area contributed by atoms with E-state index in [1.165, 1.54) is 0 Å². The van der Waals surface area contributed by atoms with E-state index in [1.54, 1.807) is 31.2 Å². The number of hydrazine groups is 1. The van der Waals surface area contributed by atoms with Crippen molar-refractivity contribution in [2.45, 2.75) is 12.8 Å². The summed E-state index contributed by atoms with van der Waals surface area (Å²) >= 11 is 0. The Morgan fingerprint density at radius 3 is 2.31 bits per heavy atom. The van der Waals surface area contributed by atoms with Crippen molar-refractivity contribution in [2.75, 3.05) is 14.1 Å². The lowest BCUT2D eigenvalue weighted by Gasteiger charge is -2.11. The van der Waals surface area contributed by atoms with Gasteiger partial charge in [0.1, 0.15) is 0 Å². The van der Waals surface area contributed by atoms with Crippen molar-refractivity contribution >= 4 is 11.7 Å². The minimum atomic E-state index is -0.144. The fourth-order valence-electron chi connectivity index (χ4n) is 1.30. The molecule has 0 radical (unpaired) electrons. The number of rotatable bonds is 5. The first-order valence-electron chi connectivity index (χ1n) is 5.14. The van der Waals surface area contributed by atoms with Gasteiger partial charge in [-0.3, -0.25) is 15.0 Å². The number of amides is 1. The molecule has 4 heteroatoms. The van der Waals surface area contributed by atoms with Gasteiger partial charge in [0.2, 0.25) is 5.91 Å². The minimum Gasteiger partial charge on any atom is -0.294 e. The molecule has 1 N–H and O–H groups in total. The van der Waals surface area contributed by atoms with Crippen LogP contribution in [0.2, 0.25) is 0 Å². The first kappa shape index (κ1) is 12.4. The zero-order valence-corrected chi connectivity index (χ0v) is 9.56. The first-order chi connectivity index (χ1) is 7.59. The van der Waals surface area contributed by atoms with Gasteiger partial charge in [-0.05, 0) is 0 Å². The first-order valence-corrected chi connectivity index (χ1v) is 5.14. The molecule has 0 bridgehead atoms. The van der Waals surface area contributed by atoms with E-state index in [0.717, 1.165) is 0 Å². The van der Waals surface area contributed by atoms with Crippen LogP contribution in [-0.4, -0.2) is 30.8 Å². The van der Waals surface area contributed by atoms with Crippen LogP contribution in [0.1, 0.15) is 23.2 Å². The Hall–Kier alpha value is -1.68. The lowest BCUT2D eigenvalue weighted by Crippen LogP contribution is -2.36. The van der Waals surface area contributed by atoms with Crippen LogP contribution in [-0.2, 0) is 4.79 Å². The maximum atomic E-state index is 11.6. The number of nitrogens with zero attached hydrogens (tertiary/aromatic N) is 1. The second kappa shape index (κ2) is 6.02. The molecule has 0 fully saturated rings. The van der Waals surface area contributed by atoms with Gasteiger partial charge in [-0.25, -0.2) is 5.01 Å². The van der Waals surface area contributed by atoms with E-state index >= 15 is 0 Å². The Balaban J connectivity index is 2.39. The average Bonchev–Trinajstić information content (AvgIpc) is 2.26. The molecule has 0 heterocycles. The fourth-order valence-corrected chi connectivity index (χ4v) is 1.30. The van der Waals surface area contributed by atoms with Crippen LogP contribution in [0.3, 0.4) is 0 Å². The van der Waals surface area contributed by atoms with Crippen molar-refractivity contribution in [1.82, 2.24) is 10.4 Å². The van der Waals surface area contributed by atoms with Crippen molar-refractivity contribution in [3.8, 4) is 0 Å². The van der Waals surface area contributed by atoms with E-state index in [4.69, 9.17) is 0 Å². The standard InChI is InChI=1S/C12H16N2O2/c1-14(2)13-12(16)9-8-11(15)10-6-4-3-5-7-10/h3-7H,8-9H2,1-2H3,(H,13,16). The number of Topliss-reactive ketones (excluding diaryl/α,β-unsaturated/α-hetero) is 1. The van der Waals surface area contributed by atoms with Crippen molar-refractivity contribution in [3.63, 3.8) is 0 Å². The number of nitrogens with one attached hydrogen (secondary N) is 1. The summed E-state index contributed by atoms with van der Waals surface area (Å²) in [5.74, 6) is -0.149. The van der Waals surface area contributed by atoms with Crippen LogP contribution >= 0.6 is 0 Å². The maximum absolute atomic E-state index is 11.6. The third-order valence-electron chi connectivity index (χ3n) is 2.02. The number of hydrogen-bond acceptors (Lipinski definition) is 3. The monoisotopic (exact) mass is 220 g/mol. The second-order valence-corrected chi connectivity index (χ2v) is 3.72. The van der Waals surface area contributed by atoms with Crippen LogP contribution in [0.4, 0.5) is 0 Å². The Bertz CT molecular complexity index is 361. The van der Waals surface area contributed by atoms with E-state index in [2.05, 4.69) is 5.43 Å². The molecule has 0 aliphatic rings. The van der Waals surface area contributed by atoms with E-state index in [0.29, 0.717) is 5.56 Å². The zero-order chi connectivity index (χ0) is 12.0. The zero-order valence-electron chi connectivity index (χ0n) is 9.56. The largest absolute Gasteiger partial charge is 0.294 e. The normalized spacial score (nSPS) is 10.2. The molecule has 0 aliphatic heterocycles. The van der Waals surface area contributed by atoms with Crippen molar-refractivity contribution in [3.05, 3.63) is 35.9 Å². The van der Waals surface area contributed by atoms with E-state index < -0.39 is 0 Å². The van der Waals surface area contributed by atoms with Crippen LogP contribution in [0, 0.1) is 0 Å². The van der Waals surface area contributed by atoms with Gasteiger partial charge in [0.25, 0.3) is 0 Å². The molecule has 1 amide bonds. The summed E-state index contributed by atoms with van der Waals surface area (Å²) in [4.78, 5) is 22.9. The summed E-state index contributed by atoms with van der Waals surface area (Å²) in [5.41, 5.74) is 3.24. The second-order valence-electron chi connectivity index (χ2n) is 3.72. The molecule has 16 heavy (non-hydrogen) atoms. The van der Waals surface area contributed by atoms with E-state index in [1.807, 2.05) is 18.2 Å². The summed E-state index contributed by atoms with van der Waals surface area (Å²) in [5, 5.41) is 1.56. The van der Waals surface area contributed by atoms with Gasteiger partial charge in [0, 0.05) is 32.5 Å². The quantitative estimate of drug-likeness (QED) is 0.600. The highest BCUT2D eigenvalue weighted by atomic mass is 16.2. The Morgan fingerprint density at radius 1 is 1.12 bits per heavy atom. The number of benzene rings is 1. The number of hydrogen-bond donors (Lipinski definition) is 1. The Labute approximate surface area is 95.2 Å². The van der Waals surface area contributed by atoms with Gasteiger partial charge in [-0.2, -0.15) is 0 Å². The van der Waals surface area contributed by atoms with Gasteiger partial charge in [-0.1, -0.05) is 30.3 Å². The number of carbonyl (C=O) groups excluding carboxylic acids is 2. The number of carbonyl (C=O) groups is 2. The van der Waals surface area contributed by atoms with Gasteiger partial charge in [-0.15, -0.1) is 0 Å². The Morgan fingerprint density at radius 2 is 1.75 bits per heavy atom. The summed E-state index contributed by atoms with van der Waals surface area (Å²) in [6.45, 7) is 0. The SMILES string of the molecule is CN(C)NC(=O)CCC(=O)c1ccccc1. The highest BCUT2D eigenvalue weighted by Gasteiger charge is 2.08. The summed E-state index contributed by atoms with van der Waals surface area (Å²) < 4.78 is 0. The van der Waals surface area contributed by atoms with Gasteiger partial charge < -0.3 is 0 Å². The van der Waals surface area contributed by atoms with Crippen molar-refractivity contribution in [2.24, 2.45) is 0 Å². The highest BCUT2D eigenvalue weighted by molar-refractivity contribution is 5.97. The predicted molar refractivity (Wildman–Crippen MR) is 61.8 cm³/mol. The fraction of sp³-hybridized carbons (Fsp3) is 0.333. The molecule has 4 nitrogen and oxygen atoms in total. The van der Waals surface area contributed by atoms with Crippen LogP contribution in [0.25, 0.3) is 0 Å². The third kappa shape index (κ3) is 4.23. The summed E-state index contributed by atoms with van der Waals surface area (Å²) in [6, 6.07) is 8.99. The summed E-state index contributed by atoms with van der Waals surface area (Å²) in [6.07, 6.45) is 0.454. The molecule has 0 atom stereocenters. The lowest BCUT2D eigenvalue weighted by molar-refractivity contribution is -0.124. The van der Waals surface area contributed by atoms with Gasteiger partial charge in [0.15, 0.2) is 5.78 Å². The van der Waals surface area contributed by atoms with E-state index in [-0.39, 0.29) is 24.5 Å². The highest BCUT2D eigenvalue weighted by Crippen LogP contribution is 2.04. The van der Waals surface area contributed by atoms with Crippen molar-refractivity contribution in [1.29, 1.82) is 0 Å². The molecule has 0 aliphatic carbocycles. The topological polar surface area (TPSA) is 49.4 Å². The van der Waals surface area contributed by atoms with Gasteiger partial charge in [0.05, 0.1) is 0 Å². The molecule has 0 saturated carbocycles.